The standard InChI is InChI=1S/C16H16Cl2FN/c1-2-7-20-10-12-4-3-11(8-15(12)17)14-6-5-13(19)9-16(14)18/h3-6,8-9,20H,2,7,10H2,1H3. The van der Waals surface area contributed by atoms with Crippen molar-refractivity contribution < 1.29 is 4.39 Å². The average Bonchev–Trinajstić information content (AvgIpc) is 2.41. The molecule has 0 spiro atoms. The number of rotatable bonds is 5. The summed E-state index contributed by atoms with van der Waals surface area (Å²) in [5.41, 5.74) is 2.71. The van der Waals surface area contributed by atoms with Crippen LogP contribution in [0, 0.1) is 5.82 Å². The van der Waals surface area contributed by atoms with Gasteiger partial charge in [-0.3, -0.25) is 0 Å². The van der Waals surface area contributed by atoms with Crippen molar-refractivity contribution in [3.8, 4) is 11.1 Å². The first-order valence-corrected chi connectivity index (χ1v) is 7.32. The van der Waals surface area contributed by atoms with Crippen LogP contribution in [0.3, 0.4) is 0 Å². The van der Waals surface area contributed by atoms with Crippen molar-refractivity contribution in [1.82, 2.24) is 5.32 Å². The topological polar surface area (TPSA) is 12.0 Å². The summed E-state index contributed by atoms with van der Waals surface area (Å²) in [6.07, 6.45) is 1.08. The third-order valence-corrected chi connectivity index (χ3v) is 3.70. The van der Waals surface area contributed by atoms with Crippen molar-refractivity contribution in [2.45, 2.75) is 19.9 Å². The van der Waals surface area contributed by atoms with E-state index in [9.17, 15) is 4.39 Å². The molecule has 0 heterocycles. The van der Waals surface area contributed by atoms with Crippen molar-refractivity contribution in [3.63, 3.8) is 0 Å². The molecular formula is C16H16Cl2FN. The van der Waals surface area contributed by atoms with Crippen LogP contribution in [0.5, 0.6) is 0 Å². The summed E-state index contributed by atoms with van der Waals surface area (Å²) in [5.74, 6) is -0.342. The summed E-state index contributed by atoms with van der Waals surface area (Å²) in [6.45, 7) is 3.82. The van der Waals surface area contributed by atoms with Crippen molar-refractivity contribution >= 4 is 23.2 Å². The summed E-state index contributed by atoms with van der Waals surface area (Å²) in [6, 6.07) is 10.2. The van der Waals surface area contributed by atoms with Gasteiger partial charge < -0.3 is 5.32 Å². The molecule has 106 valence electrons. The summed E-state index contributed by atoms with van der Waals surface area (Å²) >= 11 is 12.3. The van der Waals surface area contributed by atoms with Gasteiger partial charge in [0.25, 0.3) is 0 Å². The maximum absolute atomic E-state index is 13.1. The molecule has 0 radical (unpaired) electrons. The molecule has 0 unspecified atom stereocenters. The first-order valence-electron chi connectivity index (χ1n) is 6.56. The number of hydrogen-bond acceptors (Lipinski definition) is 1. The van der Waals surface area contributed by atoms with Crippen LogP contribution in [-0.2, 0) is 6.54 Å². The number of benzene rings is 2. The van der Waals surface area contributed by atoms with Gasteiger partial charge in [0.05, 0.1) is 5.02 Å². The molecule has 4 heteroatoms. The zero-order valence-electron chi connectivity index (χ0n) is 11.2. The zero-order valence-corrected chi connectivity index (χ0v) is 12.7. The third-order valence-electron chi connectivity index (χ3n) is 3.04. The highest BCUT2D eigenvalue weighted by molar-refractivity contribution is 6.34. The Morgan fingerprint density at radius 1 is 1.05 bits per heavy atom. The summed E-state index contributed by atoms with van der Waals surface area (Å²) in [4.78, 5) is 0. The maximum Gasteiger partial charge on any atom is 0.124 e. The van der Waals surface area contributed by atoms with E-state index in [0.29, 0.717) is 10.0 Å². The second kappa shape index (κ2) is 7.07. The Hall–Kier alpha value is -1.09. The molecule has 0 aliphatic carbocycles. The molecule has 0 fully saturated rings. The van der Waals surface area contributed by atoms with E-state index in [2.05, 4.69) is 12.2 Å². The van der Waals surface area contributed by atoms with Crippen LogP contribution in [0.15, 0.2) is 36.4 Å². The Kier molecular flexibility index (Phi) is 5.41. The molecule has 0 aliphatic rings. The predicted octanol–water partition coefficient (Wildman–Crippen LogP) is 5.30. The molecule has 1 N–H and O–H groups in total. The van der Waals surface area contributed by atoms with Gasteiger partial charge in [-0.05, 0) is 48.4 Å². The molecular weight excluding hydrogens is 296 g/mol. The monoisotopic (exact) mass is 311 g/mol. The molecule has 2 aromatic carbocycles. The first kappa shape index (κ1) is 15.3. The van der Waals surface area contributed by atoms with Gasteiger partial charge in [-0.2, -0.15) is 0 Å². The van der Waals surface area contributed by atoms with Crippen LogP contribution >= 0.6 is 23.2 Å². The number of hydrogen-bond donors (Lipinski definition) is 1. The molecule has 0 aliphatic heterocycles. The highest BCUT2D eigenvalue weighted by Gasteiger charge is 2.07. The lowest BCUT2D eigenvalue weighted by atomic mass is 10.0. The quantitative estimate of drug-likeness (QED) is 0.739. The van der Waals surface area contributed by atoms with Gasteiger partial charge in [0.15, 0.2) is 0 Å². The van der Waals surface area contributed by atoms with E-state index in [0.717, 1.165) is 36.2 Å². The summed E-state index contributed by atoms with van der Waals surface area (Å²) < 4.78 is 13.1. The molecule has 0 atom stereocenters. The Labute approximate surface area is 128 Å². The lowest BCUT2D eigenvalue weighted by molar-refractivity contribution is 0.628. The van der Waals surface area contributed by atoms with E-state index >= 15 is 0 Å². The molecule has 0 amide bonds. The van der Waals surface area contributed by atoms with Crippen molar-refractivity contribution in [1.29, 1.82) is 0 Å². The third kappa shape index (κ3) is 3.72. The van der Waals surface area contributed by atoms with E-state index in [1.54, 1.807) is 6.07 Å². The van der Waals surface area contributed by atoms with Crippen LogP contribution < -0.4 is 5.32 Å². The van der Waals surface area contributed by atoms with Gasteiger partial charge >= 0.3 is 0 Å². The Morgan fingerprint density at radius 2 is 1.85 bits per heavy atom. The lowest BCUT2D eigenvalue weighted by Gasteiger charge is -2.09. The van der Waals surface area contributed by atoms with Gasteiger partial charge in [-0.15, -0.1) is 0 Å². The normalized spacial score (nSPS) is 10.8. The largest absolute Gasteiger partial charge is 0.313 e. The van der Waals surface area contributed by atoms with Crippen LogP contribution in [-0.4, -0.2) is 6.54 Å². The Bertz CT molecular complexity index is 599. The van der Waals surface area contributed by atoms with Gasteiger partial charge in [0.2, 0.25) is 0 Å². The molecule has 2 aromatic rings. The maximum atomic E-state index is 13.1. The fraction of sp³-hybridized carbons (Fsp3) is 0.250. The van der Waals surface area contributed by atoms with E-state index in [1.807, 2.05) is 18.2 Å². The molecule has 0 bridgehead atoms. The number of halogens is 3. The van der Waals surface area contributed by atoms with E-state index in [-0.39, 0.29) is 5.82 Å². The first-order chi connectivity index (χ1) is 9.61. The lowest BCUT2D eigenvalue weighted by Crippen LogP contribution is -2.13. The van der Waals surface area contributed by atoms with Crippen molar-refractivity contribution in [3.05, 3.63) is 57.8 Å². The van der Waals surface area contributed by atoms with Gasteiger partial charge in [0, 0.05) is 17.1 Å². The highest BCUT2D eigenvalue weighted by atomic mass is 35.5. The second-order valence-corrected chi connectivity index (χ2v) is 5.42. The van der Waals surface area contributed by atoms with Gasteiger partial charge in [0.1, 0.15) is 5.82 Å². The summed E-state index contributed by atoms with van der Waals surface area (Å²) in [7, 11) is 0. The Morgan fingerprint density at radius 3 is 2.50 bits per heavy atom. The zero-order chi connectivity index (χ0) is 14.5. The second-order valence-electron chi connectivity index (χ2n) is 4.61. The van der Waals surface area contributed by atoms with E-state index in [1.165, 1.54) is 12.1 Å². The van der Waals surface area contributed by atoms with Crippen LogP contribution in [0.4, 0.5) is 4.39 Å². The predicted molar refractivity (Wildman–Crippen MR) is 83.9 cm³/mol. The van der Waals surface area contributed by atoms with Crippen molar-refractivity contribution in [2.24, 2.45) is 0 Å². The fourth-order valence-electron chi connectivity index (χ4n) is 1.98. The number of nitrogens with one attached hydrogen (secondary N) is 1. The Balaban J connectivity index is 2.24. The van der Waals surface area contributed by atoms with Crippen molar-refractivity contribution in [2.75, 3.05) is 6.54 Å². The molecule has 0 saturated heterocycles. The smallest absolute Gasteiger partial charge is 0.124 e. The molecule has 0 saturated carbocycles. The van der Waals surface area contributed by atoms with E-state index < -0.39 is 0 Å². The van der Waals surface area contributed by atoms with Crippen LogP contribution in [0.2, 0.25) is 10.0 Å². The van der Waals surface area contributed by atoms with Gasteiger partial charge in [-0.1, -0.05) is 42.3 Å². The van der Waals surface area contributed by atoms with Crippen LogP contribution in [0.25, 0.3) is 11.1 Å². The minimum atomic E-state index is -0.342. The van der Waals surface area contributed by atoms with Gasteiger partial charge in [-0.25, -0.2) is 4.39 Å². The SMILES string of the molecule is CCCNCc1ccc(-c2ccc(F)cc2Cl)cc1Cl. The molecule has 0 aromatic heterocycles. The molecule has 2 rings (SSSR count). The minimum absolute atomic E-state index is 0.342. The van der Waals surface area contributed by atoms with Crippen LogP contribution in [0.1, 0.15) is 18.9 Å². The molecule has 20 heavy (non-hydrogen) atoms. The summed E-state index contributed by atoms with van der Waals surface area (Å²) in [5, 5.41) is 4.38. The van der Waals surface area contributed by atoms with E-state index in [4.69, 9.17) is 23.2 Å². The molecule has 1 nitrogen and oxygen atoms in total. The minimum Gasteiger partial charge on any atom is -0.313 e. The average molecular weight is 312 g/mol. The highest BCUT2D eigenvalue weighted by Crippen LogP contribution is 2.31. The fourth-order valence-corrected chi connectivity index (χ4v) is 2.51.